The molecular weight excluding hydrogens is 284 g/mol. The van der Waals surface area contributed by atoms with Crippen molar-refractivity contribution in [2.75, 3.05) is 0 Å². The molecule has 0 atom stereocenters. The number of aromatic nitrogens is 1. The minimum absolute atomic E-state index is 0.368. The SMILES string of the molecule is Cc1ccc2cccc(Oc3ccc(Cl)cc3CN)c2n1. The number of para-hydroxylation sites is 1. The number of hydrogen-bond donors (Lipinski definition) is 1. The minimum atomic E-state index is 0.368. The van der Waals surface area contributed by atoms with Gasteiger partial charge in [-0.3, -0.25) is 0 Å². The molecule has 0 bridgehead atoms. The van der Waals surface area contributed by atoms with E-state index in [0.717, 1.165) is 22.2 Å². The molecule has 1 heterocycles. The number of halogens is 1. The standard InChI is InChI=1S/C17H15ClN2O/c1-11-5-6-12-3-2-4-16(17(12)20-11)21-15-8-7-14(18)9-13(15)10-19/h2-9H,10,19H2,1H3. The van der Waals surface area contributed by atoms with Gasteiger partial charge in [0, 0.05) is 28.2 Å². The summed E-state index contributed by atoms with van der Waals surface area (Å²) in [4.78, 5) is 4.56. The van der Waals surface area contributed by atoms with Crippen LogP contribution >= 0.6 is 11.6 Å². The van der Waals surface area contributed by atoms with E-state index in [9.17, 15) is 0 Å². The number of hydrogen-bond acceptors (Lipinski definition) is 3. The van der Waals surface area contributed by atoms with Crippen molar-refractivity contribution >= 4 is 22.5 Å². The molecule has 0 saturated carbocycles. The minimum Gasteiger partial charge on any atom is -0.455 e. The number of ether oxygens (including phenoxy) is 1. The Morgan fingerprint density at radius 3 is 2.76 bits per heavy atom. The van der Waals surface area contributed by atoms with Gasteiger partial charge in [0.1, 0.15) is 11.3 Å². The van der Waals surface area contributed by atoms with E-state index >= 15 is 0 Å². The topological polar surface area (TPSA) is 48.1 Å². The largest absolute Gasteiger partial charge is 0.455 e. The van der Waals surface area contributed by atoms with Gasteiger partial charge in [0.2, 0.25) is 0 Å². The van der Waals surface area contributed by atoms with Gasteiger partial charge in [-0.05, 0) is 37.3 Å². The number of aryl methyl sites for hydroxylation is 1. The molecule has 3 nitrogen and oxygen atoms in total. The summed E-state index contributed by atoms with van der Waals surface area (Å²) in [6.45, 7) is 2.33. The maximum atomic E-state index is 6.02. The lowest BCUT2D eigenvalue weighted by Crippen LogP contribution is -2.00. The van der Waals surface area contributed by atoms with Crippen LogP contribution in [0.15, 0.2) is 48.5 Å². The molecule has 0 aliphatic rings. The van der Waals surface area contributed by atoms with Crippen LogP contribution in [0.2, 0.25) is 5.02 Å². The van der Waals surface area contributed by atoms with Gasteiger partial charge in [0.25, 0.3) is 0 Å². The van der Waals surface area contributed by atoms with Crippen LogP contribution in [0, 0.1) is 6.92 Å². The van der Waals surface area contributed by atoms with Gasteiger partial charge in [-0.15, -0.1) is 0 Å². The highest BCUT2D eigenvalue weighted by molar-refractivity contribution is 6.30. The van der Waals surface area contributed by atoms with E-state index in [0.29, 0.717) is 23.1 Å². The highest BCUT2D eigenvalue weighted by atomic mass is 35.5. The lowest BCUT2D eigenvalue weighted by Gasteiger charge is -2.12. The maximum Gasteiger partial charge on any atom is 0.153 e. The zero-order chi connectivity index (χ0) is 14.8. The predicted molar refractivity (Wildman–Crippen MR) is 85.9 cm³/mol. The lowest BCUT2D eigenvalue weighted by atomic mass is 10.1. The van der Waals surface area contributed by atoms with Crippen molar-refractivity contribution in [3.8, 4) is 11.5 Å². The fourth-order valence-corrected chi connectivity index (χ4v) is 2.42. The van der Waals surface area contributed by atoms with Crippen molar-refractivity contribution in [1.29, 1.82) is 0 Å². The van der Waals surface area contributed by atoms with Crippen LogP contribution in [-0.4, -0.2) is 4.98 Å². The van der Waals surface area contributed by atoms with E-state index in [-0.39, 0.29) is 0 Å². The van der Waals surface area contributed by atoms with E-state index in [4.69, 9.17) is 22.1 Å². The Labute approximate surface area is 128 Å². The van der Waals surface area contributed by atoms with Crippen LogP contribution in [0.1, 0.15) is 11.3 Å². The number of nitrogens with zero attached hydrogens (tertiary/aromatic N) is 1. The zero-order valence-electron chi connectivity index (χ0n) is 11.6. The first-order valence-corrected chi connectivity index (χ1v) is 7.08. The normalized spacial score (nSPS) is 10.8. The van der Waals surface area contributed by atoms with Crippen molar-refractivity contribution in [3.63, 3.8) is 0 Å². The molecule has 4 heteroatoms. The van der Waals surface area contributed by atoms with Crippen molar-refractivity contribution in [3.05, 3.63) is 64.8 Å². The van der Waals surface area contributed by atoms with Gasteiger partial charge in [0.05, 0.1) is 0 Å². The molecule has 0 aliphatic heterocycles. The van der Waals surface area contributed by atoms with Gasteiger partial charge in [-0.25, -0.2) is 4.98 Å². The monoisotopic (exact) mass is 298 g/mol. The van der Waals surface area contributed by atoms with E-state index in [2.05, 4.69) is 4.98 Å². The van der Waals surface area contributed by atoms with Gasteiger partial charge in [-0.2, -0.15) is 0 Å². The third-order valence-corrected chi connectivity index (χ3v) is 3.52. The number of pyridine rings is 1. The van der Waals surface area contributed by atoms with Crippen molar-refractivity contribution in [1.82, 2.24) is 4.98 Å². The molecule has 1 aromatic heterocycles. The average molecular weight is 299 g/mol. The Hall–Kier alpha value is -2.10. The van der Waals surface area contributed by atoms with Crippen molar-refractivity contribution in [2.24, 2.45) is 5.73 Å². The molecule has 0 fully saturated rings. The molecular formula is C17H15ClN2O. The lowest BCUT2D eigenvalue weighted by molar-refractivity contribution is 0.481. The Balaban J connectivity index is 2.08. The highest BCUT2D eigenvalue weighted by Crippen LogP contribution is 2.31. The third-order valence-electron chi connectivity index (χ3n) is 3.28. The summed E-state index contributed by atoms with van der Waals surface area (Å²) < 4.78 is 6.02. The van der Waals surface area contributed by atoms with Crippen molar-refractivity contribution in [2.45, 2.75) is 13.5 Å². The van der Waals surface area contributed by atoms with Crippen LogP contribution in [0.25, 0.3) is 10.9 Å². The van der Waals surface area contributed by atoms with E-state index in [1.54, 1.807) is 6.07 Å². The van der Waals surface area contributed by atoms with Crippen LogP contribution in [0.5, 0.6) is 11.5 Å². The van der Waals surface area contributed by atoms with Gasteiger partial charge >= 0.3 is 0 Å². The second-order valence-electron chi connectivity index (χ2n) is 4.84. The molecule has 0 amide bonds. The molecule has 106 valence electrons. The van der Waals surface area contributed by atoms with Gasteiger partial charge < -0.3 is 10.5 Å². The Kier molecular flexibility index (Phi) is 3.78. The molecule has 0 aliphatic carbocycles. The summed E-state index contributed by atoms with van der Waals surface area (Å²) in [6, 6.07) is 15.3. The summed E-state index contributed by atoms with van der Waals surface area (Å²) in [5.41, 5.74) is 8.42. The summed E-state index contributed by atoms with van der Waals surface area (Å²) in [7, 11) is 0. The third kappa shape index (κ3) is 2.84. The fourth-order valence-electron chi connectivity index (χ4n) is 2.23. The molecule has 3 aromatic rings. The van der Waals surface area contributed by atoms with Gasteiger partial charge in [0.15, 0.2) is 5.75 Å². The summed E-state index contributed by atoms with van der Waals surface area (Å²) in [5.74, 6) is 1.42. The molecule has 0 unspecified atom stereocenters. The molecule has 0 spiro atoms. The van der Waals surface area contributed by atoms with E-state index < -0.39 is 0 Å². The molecule has 2 aromatic carbocycles. The number of nitrogens with two attached hydrogens (primary N) is 1. The predicted octanol–water partition coefficient (Wildman–Crippen LogP) is 4.45. The maximum absolute atomic E-state index is 6.02. The number of rotatable bonds is 3. The Morgan fingerprint density at radius 2 is 1.95 bits per heavy atom. The summed E-state index contributed by atoms with van der Waals surface area (Å²) in [5, 5.41) is 1.69. The number of fused-ring (bicyclic) bond motifs is 1. The second kappa shape index (κ2) is 5.72. The molecule has 0 saturated heterocycles. The smallest absolute Gasteiger partial charge is 0.153 e. The summed E-state index contributed by atoms with van der Waals surface area (Å²) >= 11 is 5.99. The molecule has 0 radical (unpaired) electrons. The first-order valence-electron chi connectivity index (χ1n) is 6.70. The Bertz CT molecular complexity index is 802. The summed E-state index contributed by atoms with van der Waals surface area (Å²) in [6.07, 6.45) is 0. The number of benzene rings is 2. The first-order chi connectivity index (χ1) is 10.2. The van der Waals surface area contributed by atoms with Crippen LogP contribution in [-0.2, 0) is 6.54 Å². The molecule has 21 heavy (non-hydrogen) atoms. The average Bonchev–Trinajstić information content (AvgIpc) is 2.49. The van der Waals surface area contributed by atoms with Crippen LogP contribution in [0.4, 0.5) is 0 Å². The Morgan fingerprint density at radius 1 is 1.10 bits per heavy atom. The van der Waals surface area contributed by atoms with Gasteiger partial charge in [-0.1, -0.05) is 29.8 Å². The highest BCUT2D eigenvalue weighted by Gasteiger charge is 2.08. The van der Waals surface area contributed by atoms with E-state index in [1.165, 1.54) is 0 Å². The van der Waals surface area contributed by atoms with Crippen LogP contribution in [0.3, 0.4) is 0 Å². The second-order valence-corrected chi connectivity index (χ2v) is 5.28. The molecule has 3 rings (SSSR count). The van der Waals surface area contributed by atoms with E-state index in [1.807, 2.05) is 49.4 Å². The fraction of sp³-hybridized carbons (Fsp3) is 0.118. The zero-order valence-corrected chi connectivity index (χ0v) is 12.4. The van der Waals surface area contributed by atoms with Crippen LogP contribution < -0.4 is 10.5 Å². The first kappa shape index (κ1) is 13.9. The molecule has 2 N–H and O–H groups in total. The van der Waals surface area contributed by atoms with Crippen molar-refractivity contribution < 1.29 is 4.74 Å². The quantitative estimate of drug-likeness (QED) is 0.777.